The zero-order valence-corrected chi connectivity index (χ0v) is 22.3. The molecule has 34 heavy (non-hydrogen) atoms. The zero-order valence-electron chi connectivity index (χ0n) is 19.9. The number of fused-ring (bicyclic) bond motifs is 1. The molecule has 10 heteroatoms. The first-order valence-corrected chi connectivity index (χ1v) is 14.0. The fourth-order valence-corrected chi connectivity index (χ4v) is 6.16. The number of aryl methyl sites for hydroxylation is 1. The summed E-state index contributed by atoms with van der Waals surface area (Å²) in [6.45, 7) is 8.87. The Morgan fingerprint density at radius 2 is 1.76 bits per heavy atom. The second-order valence-electron chi connectivity index (χ2n) is 7.86. The van der Waals surface area contributed by atoms with Crippen LogP contribution in [0, 0.1) is 6.92 Å². The van der Waals surface area contributed by atoms with E-state index in [1.54, 1.807) is 17.0 Å². The number of sulfone groups is 1. The SMILES string of the molecule is CCN(CC)CCN(C(=O)CCS(=O)(=O)c1ccc(OC)cc1)c1nc2c(C)ccc(Cl)c2s1. The van der Waals surface area contributed by atoms with Crippen molar-refractivity contribution in [3.8, 4) is 5.75 Å². The van der Waals surface area contributed by atoms with Crippen molar-refractivity contribution < 1.29 is 17.9 Å². The number of halogens is 1. The minimum Gasteiger partial charge on any atom is -0.497 e. The van der Waals surface area contributed by atoms with Crippen molar-refractivity contribution in [2.75, 3.05) is 43.9 Å². The Labute approximate surface area is 210 Å². The van der Waals surface area contributed by atoms with Gasteiger partial charge in [-0.2, -0.15) is 0 Å². The van der Waals surface area contributed by atoms with Crippen molar-refractivity contribution in [1.29, 1.82) is 0 Å². The van der Waals surface area contributed by atoms with E-state index in [1.807, 2.05) is 19.1 Å². The maximum absolute atomic E-state index is 13.3. The van der Waals surface area contributed by atoms with E-state index in [2.05, 4.69) is 18.7 Å². The molecule has 0 N–H and O–H groups in total. The van der Waals surface area contributed by atoms with Crippen LogP contribution in [0.5, 0.6) is 5.75 Å². The molecule has 3 aromatic rings. The molecule has 0 unspecified atom stereocenters. The van der Waals surface area contributed by atoms with Crippen LogP contribution >= 0.6 is 22.9 Å². The largest absolute Gasteiger partial charge is 0.497 e. The molecule has 0 saturated carbocycles. The lowest BCUT2D eigenvalue weighted by Gasteiger charge is -2.24. The number of carbonyl (C=O) groups is 1. The third kappa shape index (κ3) is 6.07. The summed E-state index contributed by atoms with van der Waals surface area (Å²) < 4.78 is 31.6. The molecule has 1 amide bonds. The summed E-state index contributed by atoms with van der Waals surface area (Å²) in [7, 11) is -2.11. The highest BCUT2D eigenvalue weighted by atomic mass is 35.5. The molecule has 0 fully saturated rings. The summed E-state index contributed by atoms with van der Waals surface area (Å²) in [5.41, 5.74) is 1.74. The van der Waals surface area contributed by atoms with E-state index in [0.717, 1.165) is 28.9 Å². The quantitative estimate of drug-likeness (QED) is 0.359. The summed E-state index contributed by atoms with van der Waals surface area (Å²) >= 11 is 7.74. The van der Waals surface area contributed by atoms with Gasteiger partial charge in [0.15, 0.2) is 15.0 Å². The minimum atomic E-state index is -3.63. The van der Waals surface area contributed by atoms with Gasteiger partial charge in [-0.3, -0.25) is 9.69 Å². The molecule has 2 aromatic carbocycles. The molecule has 0 atom stereocenters. The van der Waals surface area contributed by atoms with Crippen LogP contribution in [0.2, 0.25) is 5.02 Å². The van der Waals surface area contributed by atoms with E-state index < -0.39 is 9.84 Å². The summed E-state index contributed by atoms with van der Waals surface area (Å²) in [6, 6.07) is 9.91. The molecule has 0 aliphatic heterocycles. The number of anilines is 1. The van der Waals surface area contributed by atoms with Gasteiger partial charge in [0.1, 0.15) is 5.75 Å². The van der Waals surface area contributed by atoms with E-state index in [-0.39, 0.29) is 23.0 Å². The molecule has 1 heterocycles. The van der Waals surface area contributed by atoms with Crippen molar-refractivity contribution >= 4 is 54.0 Å². The normalized spacial score (nSPS) is 11.8. The molecule has 0 saturated heterocycles. The van der Waals surface area contributed by atoms with Crippen molar-refractivity contribution in [3.05, 3.63) is 47.0 Å². The van der Waals surface area contributed by atoms with E-state index in [0.29, 0.717) is 29.0 Å². The Bertz CT molecular complexity index is 1200. The van der Waals surface area contributed by atoms with Crippen molar-refractivity contribution in [3.63, 3.8) is 0 Å². The standard InChI is InChI=1S/C24H30ClN3O4S2/c1-5-27(6-2)14-15-28(24-26-22-17(3)7-12-20(25)23(22)33-24)21(29)13-16-34(30,31)19-10-8-18(32-4)9-11-19/h7-12H,5-6,13-16H2,1-4H3. The molecule has 3 rings (SSSR count). The molecular weight excluding hydrogens is 494 g/mol. The second kappa shape index (κ2) is 11.5. The van der Waals surface area contributed by atoms with Gasteiger partial charge in [0.25, 0.3) is 0 Å². The lowest BCUT2D eigenvalue weighted by atomic mass is 10.2. The highest BCUT2D eigenvalue weighted by Crippen LogP contribution is 2.36. The van der Waals surface area contributed by atoms with Crippen molar-refractivity contribution in [1.82, 2.24) is 9.88 Å². The topological polar surface area (TPSA) is 79.8 Å². The first-order valence-electron chi connectivity index (χ1n) is 11.1. The predicted molar refractivity (Wildman–Crippen MR) is 139 cm³/mol. The van der Waals surface area contributed by atoms with Crippen molar-refractivity contribution in [2.45, 2.75) is 32.1 Å². The predicted octanol–water partition coefficient (Wildman–Crippen LogP) is 4.81. The number of benzene rings is 2. The molecule has 0 aliphatic carbocycles. The number of aromatic nitrogens is 1. The van der Waals surface area contributed by atoms with E-state index >= 15 is 0 Å². The van der Waals surface area contributed by atoms with Gasteiger partial charge in [-0.1, -0.05) is 42.9 Å². The van der Waals surface area contributed by atoms with Gasteiger partial charge in [-0.15, -0.1) is 0 Å². The van der Waals surface area contributed by atoms with Gasteiger partial charge in [0.2, 0.25) is 5.91 Å². The number of ether oxygens (including phenoxy) is 1. The average molecular weight is 524 g/mol. The summed E-state index contributed by atoms with van der Waals surface area (Å²) in [5, 5.41) is 1.12. The van der Waals surface area contributed by atoms with Gasteiger partial charge >= 0.3 is 0 Å². The summed E-state index contributed by atoms with van der Waals surface area (Å²) in [4.78, 5) is 22.0. The van der Waals surface area contributed by atoms with Crippen LogP contribution in [0.25, 0.3) is 10.2 Å². The van der Waals surface area contributed by atoms with Crippen LogP contribution in [-0.2, 0) is 14.6 Å². The number of hydrogen-bond donors (Lipinski definition) is 0. The Balaban J connectivity index is 1.84. The number of nitrogens with zero attached hydrogens (tertiary/aromatic N) is 3. The Kier molecular flexibility index (Phi) is 8.92. The number of carbonyl (C=O) groups excluding carboxylic acids is 1. The molecule has 0 radical (unpaired) electrons. The number of likely N-dealkylation sites (N-methyl/N-ethyl adjacent to an activating group) is 1. The monoisotopic (exact) mass is 523 g/mol. The van der Waals surface area contributed by atoms with Gasteiger partial charge in [-0.05, 0) is 55.9 Å². The first kappa shape index (κ1) is 26.4. The molecular formula is C24H30ClN3O4S2. The number of rotatable bonds is 11. The van der Waals surface area contributed by atoms with Crippen LogP contribution in [0.1, 0.15) is 25.8 Å². The molecule has 0 aliphatic rings. The minimum absolute atomic E-state index is 0.144. The fraction of sp³-hybridized carbons (Fsp3) is 0.417. The van der Waals surface area contributed by atoms with Gasteiger partial charge in [0, 0.05) is 19.5 Å². The number of thiazole rings is 1. The molecule has 0 spiro atoms. The van der Waals surface area contributed by atoms with Crippen LogP contribution in [-0.4, -0.2) is 63.3 Å². The summed E-state index contributed by atoms with van der Waals surface area (Å²) in [5.74, 6) is 0.00408. The Morgan fingerprint density at radius 3 is 2.35 bits per heavy atom. The van der Waals surface area contributed by atoms with E-state index in [1.165, 1.54) is 30.6 Å². The van der Waals surface area contributed by atoms with Crippen LogP contribution < -0.4 is 9.64 Å². The molecule has 7 nitrogen and oxygen atoms in total. The highest BCUT2D eigenvalue weighted by Gasteiger charge is 2.24. The van der Waals surface area contributed by atoms with E-state index in [4.69, 9.17) is 21.3 Å². The smallest absolute Gasteiger partial charge is 0.229 e. The number of hydrogen-bond acceptors (Lipinski definition) is 7. The second-order valence-corrected chi connectivity index (χ2v) is 11.3. The number of amides is 1. The molecule has 184 valence electrons. The lowest BCUT2D eigenvalue weighted by Crippen LogP contribution is -2.39. The van der Waals surface area contributed by atoms with Crippen LogP contribution in [0.3, 0.4) is 0 Å². The third-order valence-corrected chi connectivity index (χ3v) is 9.03. The lowest BCUT2D eigenvalue weighted by molar-refractivity contribution is -0.118. The van der Waals surface area contributed by atoms with Crippen LogP contribution in [0.15, 0.2) is 41.3 Å². The van der Waals surface area contributed by atoms with Gasteiger partial charge in [-0.25, -0.2) is 13.4 Å². The third-order valence-electron chi connectivity index (χ3n) is 5.76. The fourth-order valence-electron chi connectivity index (χ4n) is 3.57. The molecule has 0 bridgehead atoms. The highest BCUT2D eigenvalue weighted by molar-refractivity contribution is 7.91. The first-order chi connectivity index (χ1) is 16.2. The Morgan fingerprint density at radius 1 is 1.09 bits per heavy atom. The molecule has 1 aromatic heterocycles. The maximum Gasteiger partial charge on any atom is 0.229 e. The average Bonchev–Trinajstić information content (AvgIpc) is 3.29. The van der Waals surface area contributed by atoms with Gasteiger partial charge in [0.05, 0.1) is 33.0 Å². The zero-order chi connectivity index (χ0) is 24.9. The summed E-state index contributed by atoms with van der Waals surface area (Å²) in [6.07, 6.45) is -0.144. The maximum atomic E-state index is 13.3. The van der Waals surface area contributed by atoms with Gasteiger partial charge < -0.3 is 9.64 Å². The van der Waals surface area contributed by atoms with Crippen molar-refractivity contribution in [2.24, 2.45) is 0 Å². The Hall–Kier alpha value is -2.20. The van der Waals surface area contributed by atoms with Crippen LogP contribution in [0.4, 0.5) is 5.13 Å². The number of methoxy groups -OCH3 is 1. The van der Waals surface area contributed by atoms with E-state index in [9.17, 15) is 13.2 Å².